The van der Waals surface area contributed by atoms with Gasteiger partial charge in [0.15, 0.2) is 0 Å². The highest BCUT2D eigenvalue weighted by Gasteiger charge is 2.14. The summed E-state index contributed by atoms with van der Waals surface area (Å²) in [6, 6.07) is 13.8. The minimum absolute atomic E-state index is 0.195. The van der Waals surface area contributed by atoms with Crippen LogP contribution in [0.4, 0.5) is 5.69 Å². The third-order valence-corrected chi connectivity index (χ3v) is 3.51. The van der Waals surface area contributed by atoms with E-state index >= 15 is 0 Å². The van der Waals surface area contributed by atoms with Gasteiger partial charge >= 0.3 is 5.97 Å². The molecule has 1 N–H and O–H groups in total. The van der Waals surface area contributed by atoms with Crippen molar-refractivity contribution in [2.24, 2.45) is 0 Å². The quantitative estimate of drug-likeness (QED) is 0.606. The Morgan fingerprint density at radius 3 is 2.71 bits per heavy atom. The summed E-state index contributed by atoms with van der Waals surface area (Å²) in [6.45, 7) is 4.48. The largest absolute Gasteiger partial charge is 0.464 e. The van der Waals surface area contributed by atoms with Gasteiger partial charge in [0, 0.05) is 11.1 Å². The Labute approximate surface area is 126 Å². The monoisotopic (exact) mass is 285 g/mol. The van der Waals surface area contributed by atoms with Gasteiger partial charge in [0.2, 0.25) is 0 Å². The topological polar surface area (TPSA) is 38.3 Å². The number of carbonyl (C=O) groups excluding carboxylic acids is 1. The number of fused-ring (bicyclic) bond motifs is 1. The van der Waals surface area contributed by atoms with Crippen molar-refractivity contribution in [1.29, 1.82) is 0 Å². The van der Waals surface area contributed by atoms with E-state index < -0.39 is 0 Å². The zero-order valence-electron chi connectivity index (χ0n) is 12.8. The maximum atomic E-state index is 12.0. The molecule has 0 heterocycles. The average molecular weight is 285 g/mol. The minimum Gasteiger partial charge on any atom is -0.464 e. The molecule has 3 nitrogen and oxygen atoms in total. The van der Waals surface area contributed by atoms with Gasteiger partial charge < -0.3 is 10.1 Å². The maximum absolute atomic E-state index is 12.0. The number of hydrogen-bond donors (Lipinski definition) is 1. The van der Waals surface area contributed by atoms with Crippen molar-refractivity contribution in [1.82, 2.24) is 0 Å². The highest BCUT2D eigenvalue weighted by molar-refractivity contribution is 5.95. The van der Waals surface area contributed by atoms with E-state index in [0.717, 1.165) is 35.7 Å². The van der Waals surface area contributed by atoms with Gasteiger partial charge in [0.05, 0.1) is 6.61 Å². The third-order valence-electron chi connectivity index (χ3n) is 3.51. The van der Waals surface area contributed by atoms with Crippen LogP contribution in [-0.4, -0.2) is 18.6 Å². The van der Waals surface area contributed by atoms with Crippen molar-refractivity contribution in [2.75, 3.05) is 11.9 Å². The normalized spacial score (nSPS) is 12.1. The molecule has 0 aromatic heterocycles. The van der Waals surface area contributed by atoms with E-state index in [1.807, 2.05) is 31.2 Å². The van der Waals surface area contributed by atoms with E-state index in [1.54, 1.807) is 0 Å². The molecular formula is C18H23NO2. The Morgan fingerprint density at radius 1 is 1.14 bits per heavy atom. The molecule has 2 rings (SSSR count). The van der Waals surface area contributed by atoms with Crippen molar-refractivity contribution >= 4 is 22.4 Å². The molecule has 0 aliphatic carbocycles. The summed E-state index contributed by atoms with van der Waals surface area (Å²) in [5.74, 6) is -0.195. The zero-order valence-corrected chi connectivity index (χ0v) is 12.8. The van der Waals surface area contributed by atoms with Crippen LogP contribution < -0.4 is 5.32 Å². The fraction of sp³-hybridized carbons (Fsp3) is 0.389. The molecule has 0 aliphatic rings. The number of hydrogen-bond acceptors (Lipinski definition) is 3. The smallest absolute Gasteiger partial charge is 0.328 e. The van der Waals surface area contributed by atoms with Crippen molar-refractivity contribution in [3.8, 4) is 0 Å². The van der Waals surface area contributed by atoms with E-state index in [-0.39, 0.29) is 12.0 Å². The number of carbonyl (C=O) groups is 1. The highest BCUT2D eigenvalue weighted by Crippen LogP contribution is 2.23. The summed E-state index contributed by atoms with van der Waals surface area (Å²) in [5, 5.41) is 5.53. The second-order valence-corrected chi connectivity index (χ2v) is 5.27. The molecule has 0 spiro atoms. The molecule has 2 aromatic carbocycles. The van der Waals surface area contributed by atoms with Crippen molar-refractivity contribution < 1.29 is 9.53 Å². The summed E-state index contributed by atoms with van der Waals surface area (Å²) < 4.78 is 5.29. The number of ether oxygens (including phenoxy) is 1. The SMILES string of the molecule is CCCCCOC(=O)C(C)Nc1cccc2ccccc12. The van der Waals surface area contributed by atoms with E-state index in [0.29, 0.717) is 6.61 Å². The van der Waals surface area contributed by atoms with Crippen LogP contribution in [0.3, 0.4) is 0 Å². The summed E-state index contributed by atoms with van der Waals surface area (Å²) >= 11 is 0. The first-order chi connectivity index (χ1) is 10.2. The van der Waals surface area contributed by atoms with Crippen molar-refractivity contribution in [2.45, 2.75) is 39.2 Å². The predicted octanol–water partition coefficient (Wildman–Crippen LogP) is 4.37. The first-order valence-corrected chi connectivity index (χ1v) is 7.63. The van der Waals surface area contributed by atoms with Crippen LogP contribution in [0.25, 0.3) is 10.8 Å². The maximum Gasteiger partial charge on any atom is 0.328 e. The number of esters is 1. The van der Waals surface area contributed by atoms with Gasteiger partial charge in [-0.05, 0) is 24.8 Å². The van der Waals surface area contributed by atoms with Crippen LogP contribution in [0.1, 0.15) is 33.1 Å². The third kappa shape index (κ3) is 4.22. The minimum atomic E-state index is -0.350. The fourth-order valence-electron chi connectivity index (χ4n) is 2.29. The van der Waals surface area contributed by atoms with E-state index in [2.05, 4.69) is 30.4 Å². The second kappa shape index (κ2) is 7.67. The van der Waals surface area contributed by atoms with Crippen molar-refractivity contribution in [3.05, 3.63) is 42.5 Å². The lowest BCUT2D eigenvalue weighted by molar-refractivity contribution is -0.144. The molecule has 2 aromatic rings. The van der Waals surface area contributed by atoms with Gasteiger partial charge in [-0.2, -0.15) is 0 Å². The first-order valence-electron chi connectivity index (χ1n) is 7.63. The Hall–Kier alpha value is -2.03. The molecule has 0 fully saturated rings. The second-order valence-electron chi connectivity index (χ2n) is 5.27. The molecule has 0 bridgehead atoms. The Balaban J connectivity index is 1.98. The van der Waals surface area contributed by atoms with Crippen LogP contribution in [-0.2, 0) is 9.53 Å². The van der Waals surface area contributed by atoms with Gasteiger partial charge in [0.1, 0.15) is 6.04 Å². The number of anilines is 1. The molecule has 0 saturated carbocycles. The fourth-order valence-corrected chi connectivity index (χ4v) is 2.29. The molecule has 112 valence electrons. The van der Waals surface area contributed by atoms with Gasteiger partial charge in [0.25, 0.3) is 0 Å². The molecule has 0 saturated heterocycles. The summed E-state index contributed by atoms with van der Waals surface area (Å²) in [5.41, 5.74) is 0.964. The molecule has 1 unspecified atom stereocenters. The van der Waals surface area contributed by atoms with Crippen molar-refractivity contribution in [3.63, 3.8) is 0 Å². The van der Waals surface area contributed by atoms with Gasteiger partial charge in [-0.25, -0.2) is 4.79 Å². The lowest BCUT2D eigenvalue weighted by atomic mass is 10.1. The summed E-state index contributed by atoms with van der Waals surface area (Å²) in [4.78, 5) is 12.0. The zero-order chi connectivity index (χ0) is 15.1. The van der Waals surface area contributed by atoms with Crippen LogP contribution >= 0.6 is 0 Å². The van der Waals surface area contributed by atoms with E-state index in [9.17, 15) is 4.79 Å². The molecule has 0 radical (unpaired) electrons. The first kappa shape index (κ1) is 15.4. The van der Waals surface area contributed by atoms with E-state index in [1.165, 1.54) is 0 Å². The molecule has 1 atom stereocenters. The lowest BCUT2D eigenvalue weighted by Gasteiger charge is -2.16. The van der Waals surface area contributed by atoms with Crippen LogP contribution in [0.5, 0.6) is 0 Å². The number of nitrogens with one attached hydrogen (secondary N) is 1. The molecular weight excluding hydrogens is 262 g/mol. The predicted molar refractivity (Wildman–Crippen MR) is 87.5 cm³/mol. The molecule has 0 aliphatic heterocycles. The highest BCUT2D eigenvalue weighted by atomic mass is 16.5. The molecule has 3 heteroatoms. The van der Waals surface area contributed by atoms with Gasteiger partial charge in [-0.3, -0.25) is 0 Å². The number of rotatable bonds is 7. The number of unbranched alkanes of at least 4 members (excludes halogenated alkanes) is 2. The summed E-state index contributed by atoms with van der Waals surface area (Å²) in [6.07, 6.45) is 3.16. The average Bonchev–Trinajstić information content (AvgIpc) is 2.51. The summed E-state index contributed by atoms with van der Waals surface area (Å²) in [7, 11) is 0. The lowest BCUT2D eigenvalue weighted by Crippen LogP contribution is -2.28. The Kier molecular flexibility index (Phi) is 5.61. The number of benzene rings is 2. The Morgan fingerprint density at radius 2 is 1.90 bits per heavy atom. The van der Waals surface area contributed by atoms with Gasteiger partial charge in [-0.15, -0.1) is 0 Å². The van der Waals surface area contributed by atoms with Gasteiger partial charge in [-0.1, -0.05) is 56.2 Å². The van der Waals surface area contributed by atoms with Crippen LogP contribution in [0.15, 0.2) is 42.5 Å². The van der Waals surface area contributed by atoms with E-state index in [4.69, 9.17) is 4.74 Å². The standard InChI is InChI=1S/C18H23NO2/c1-3-4-7-13-21-18(20)14(2)19-17-12-8-10-15-9-5-6-11-16(15)17/h5-6,8-12,14,19H,3-4,7,13H2,1-2H3. The molecule has 21 heavy (non-hydrogen) atoms. The molecule has 0 amide bonds. The Bertz CT molecular complexity index is 589. The van der Waals surface area contributed by atoms with Crippen LogP contribution in [0.2, 0.25) is 0 Å². The van der Waals surface area contributed by atoms with Crippen LogP contribution in [0, 0.1) is 0 Å².